The monoisotopic (exact) mass is 371 g/mol. The number of aromatic nitrogens is 2. The van der Waals surface area contributed by atoms with E-state index >= 15 is 0 Å². The molecule has 0 aliphatic carbocycles. The fraction of sp³-hybridized carbons (Fsp3) is 0.111. The maximum Gasteiger partial charge on any atom is 0.335 e. The molecule has 2 aromatic carbocycles. The van der Waals surface area contributed by atoms with Crippen LogP contribution in [-0.4, -0.2) is 29.0 Å². The summed E-state index contributed by atoms with van der Waals surface area (Å²) in [5.74, 6) is -0.570. The molecule has 0 saturated heterocycles. The lowest BCUT2D eigenvalue weighted by atomic mass is 10.1. The molecule has 0 bridgehead atoms. The minimum Gasteiger partial charge on any atom is -0.478 e. The van der Waals surface area contributed by atoms with Gasteiger partial charge in [0.1, 0.15) is 11.9 Å². The van der Waals surface area contributed by atoms with Gasteiger partial charge in [-0.05, 0) is 29.8 Å². The van der Waals surface area contributed by atoms with Crippen LogP contribution in [0.5, 0.6) is 0 Å². The number of hydrogen-bond donors (Lipinski definition) is 2. The van der Waals surface area contributed by atoms with Crippen molar-refractivity contribution in [2.45, 2.75) is 10.9 Å². The Bertz CT molecular complexity index is 1010. The van der Waals surface area contributed by atoms with Crippen molar-refractivity contribution in [2.24, 2.45) is 7.05 Å². The summed E-state index contributed by atoms with van der Waals surface area (Å²) in [7, 11) is -2.10. The summed E-state index contributed by atoms with van der Waals surface area (Å²) in [6.45, 7) is 0. The van der Waals surface area contributed by atoms with Gasteiger partial charge in [-0.3, -0.25) is 0 Å². The third kappa shape index (κ3) is 3.66. The average molecular weight is 371 g/mol. The SMILES string of the molecule is Cn1ccnc1C(NS(=O)(=O)c1ccc(C(=O)O)cc1)c1ccccc1. The van der Waals surface area contributed by atoms with Crippen molar-refractivity contribution in [1.82, 2.24) is 14.3 Å². The van der Waals surface area contributed by atoms with Crippen LogP contribution in [0.25, 0.3) is 0 Å². The van der Waals surface area contributed by atoms with E-state index in [1.54, 1.807) is 24.0 Å². The fourth-order valence-corrected chi connectivity index (χ4v) is 3.75. The molecule has 0 aliphatic heterocycles. The summed E-state index contributed by atoms with van der Waals surface area (Å²) in [5, 5.41) is 8.95. The molecule has 0 radical (unpaired) electrons. The molecule has 0 amide bonds. The van der Waals surface area contributed by atoms with E-state index in [1.807, 2.05) is 30.3 Å². The van der Waals surface area contributed by atoms with E-state index in [0.717, 1.165) is 5.56 Å². The Balaban J connectivity index is 1.98. The smallest absolute Gasteiger partial charge is 0.335 e. The summed E-state index contributed by atoms with van der Waals surface area (Å²) < 4.78 is 30.0. The Morgan fingerprint density at radius 2 is 1.77 bits per heavy atom. The topological polar surface area (TPSA) is 101 Å². The summed E-state index contributed by atoms with van der Waals surface area (Å²) in [6.07, 6.45) is 3.34. The number of imidazole rings is 1. The van der Waals surface area contributed by atoms with Crippen molar-refractivity contribution in [2.75, 3.05) is 0 Å². The largest absolute Gasteiger partial charge is 0.478 e. The van der Waals surface area contributed by atoms with Gasteiger partial charge in [0.15, 0.2) is 0 Å². The minimum absolute atomic E-state index is 0.0161. The van der Waals surface area contributed by atoms with E-state index in [0.29, 0.717) is 5.82 Å². The summed E-state index contributed by atoms with van der Waals surface area (Å²) in [6, 6.07) is 13.5. The van der Waals surface area contributed by atoms with Crippen LogP contribution in [0.4, 0.5) is 0 Å². The Morgan fingerprint density at radius 3 is 2.31 bits per heavy atom. The number of carbonyl (C=O) groups is 1. The average Bonchev–Trinajstić information content (AvgIpc) is 3.06. The second-order valence-corrected chi connectivity index (χ2v) is 7.40. The van der Waals surface area contributed by atoms with Crippen LogP contribution in [0.3, 0.4) is 0 Å². The molecular weight excluding hydrogens is 354 g/mol. The Hall–Kier alpha value is -2.97. The normalized spacial score (nSPS) is 12.7. The van der Waals surface area contributed by atoms with Crippen molar-refractivity contribution in [3.05, 3.63) is 83.9 Å². The second kappa shape index (κ2) is 7.11. The first-order chi connectivity index (χ1) is 12.4. The molecule has 7 nitrogen and oxygen atoms in total. The number of nitrogens with zero attached hydrogens (tertiary/aromatic N) is 2. The van der Waals surface area contributed by atoms with E-state index < -0.39 is 22.0 Å². The Kier molecular flexibility index (Phi) is 4.88. The predicted octanol–water partition coefficient (Wildman–Crippen LogP) is 2.19. The molecule has 1 unspecified atom stereocenters. The van der Waals surface area contributed by atoms with Gasteiger partial charge in [-0.15, -0.1) is 0 Å². The minimum atomic E-state index is -3.89. The van der Waals surface area contributed by atoms with Crippen LogP contribution >= 0.6 is 0 Å². The summed E-state index contributed by atoms with van der Waals surface area (Å²) in [5.41, 5.74) is 0.764. The van der Waals surface area contributed by atoms with E-state index in [4.69, 9.17) is 5.11 Å². The number of carboxylic acid groups (broad SMARTS) is 1. The van der Waals surface area contributed by atoms with E-state index in [9.17, 15) is 13.2 Å². The lowest BCUT2D eigenvalue weighted by molar-refractivity contribution is 0.0696. The molecule has 0 spiro atoms. The van der Waals surface area contributed by atoms with Crippen LogP contribution in [0.1, 0.15) is 27.8 Å². The number of aryl methyl sites for hydroxylation is 1. The Morgan fingerprint density at radius 1 is 1.12 bits per heavy atom. The van der Waals surface area contributed by atoms with E-state index in [-0.39, 0.29) is 10.5 Å². The van der Waals surface area contributed by atoms with Gasteiger partial charge >= 0.3 is 5.97 Å². The van der Waals surface area contributed by atoms with Gasteiger partial charge < -0.3 is 9.67 Å². The zero-order chi connectivity index (χ0) is 18.7. The molecule has 26 heavy (non-hydrogen) atoms. The molecule has 134 valence electrons. The highest BCUT2D eigenvalue weighted by Crippen LogP contribution is 2.23. The first-order valence-electron chi connectivity index (χ1n) is 7.76. The second-order valence-electron chi connectivity index (χ2n) is 5.69. The molecular formula is C18H17N3O4S. The fourth-order valence-electron chi connectivity index (χ4n) is 2.57. The molecule has 1 atom stereocenters. The number of aromatic carboxylic acids is 1. The lowest BCUT2D eigenvalue weighted by Crippen LogP contribution is -2.31. The number of benzene rings is 2. The van der Waals surface area contributed by atoms with Crippen molar-refractivity contribution >= 4 is 16.0 Å². The maximum atomic E-state index is 12.8. The molecule has 3 rings (SSSR count). The zero-order valence-electron chi connectivity index (χ0n) is 13.9. The Labute approximate surface area is 151 Å². The zero-order valence-corrected chi connectivity index (χ0v) is 14.7. The van der Waals surface area contributed by atoms with Crippen molar-refractivity contribution in [1.29, 1.82) is 0 Å². The van der Waals surface area contributed by atoms with Crippen molar-refractivity contribution in [3.8, 4) is 0 Å². The first-order valence-corrected chi connectivity index (χ1v) is 9.24. The maximum absolute atomic E-state index is 12.8. The highest BCUT2D eigenvalue weighted by atomic mass is 32.2. The number of sulfonamides is 1. The van der Waals surface area contributed by atoms with Gasteiger partial charge in [-0.2, -0.15) is 4.72 Å². The predicted molar refractivity (Wildman–Crippen MR) is 95.2 cm³/mol. The van der Waals surface area contributed by atoms with Gasteiger partial charge in [0.25, 0.3) is 0 Å². The van der Waals surface area contributed by atoms with Gasteiger partial charge in [0.05, 0.1) is 10.5 Å². The van der Waals surface area contributed by atoms with Crippen LogP contribution in [-0.2, 0) is 17.1 Å². The lowest BCUT2D eigenvalue weighted by Gasteiger charge is -2.19. The quantitative estimate of drug-likeness (QED) is 0.692. The molecule has 3 aromatic rings. The standard InChI is InChI=1S/C18H17N3O4S/c1-21-12-11-19-17(21)16(13-5-3-2-4-6-13)20-26(24,25)15-9-7-14(8-10-15)18(22)23/h2-12,16,20H,1H3,(H,22,23). The van der Waals surface area contributed by atoms with Crippen LogP contribution in [0.2, 0.25) is 0 Å². The van der Waals surface area contributed by atoms with Crippen LogP contribution < -0.4 is 4.72 Å². The van der Waals surface area contributed by atoms with Crippen LogP contribution in [0.15, 0.2) is 71.9 Å². The van der Waals surface area contributed by atoms with Crippen LogP contribution in [0, 0.1) is 0 Å². The summed E-state index contributed by atoms with van der Waals surface area (Å²) >= 11 is 0. The molecule has 0 fully saturated rings. The highest BCUT2D eigenvalue weighted by molar-refractivity contribution is 7.89. The number of nitrogens with one attached hydrogen (secondary N) is 1. The highest BCUT2D eigenvalue weighted by Gasteiger charge is 2.25. The number of hydrogen-bond acceptors (Lipinski definition) is 4. The van der Waals surface area contributed by atoms with Crippen molar-refractivity contribution in [3.63, 3.8) is 0 Å². The third-order valence-electron chi connectivity index (χ3n) is 3.93. The van der Waals surface area contributed by atoms with Gasteiger partial charge in [0.2, 0.25) is 10.0 Å². The molecule has 8 heteroatoms. The van der Waals surface area contributed by atoms with Gasteiger partial charge in [0, 0.05) is 19.4 Å². The molecule has 1 heterocycles. The first kappa shape index (κ1) is 17.8. The molecule has 0 aliphatic rings. The molecule has 2 N–H and O–H groups in total. The third-order valence-corrected chi connectivity index (χ3v) is 5.37. The van der Waals surface area contributed by atoms with E-state index in [2.05, 4.69) is 9.71 Å². The molecule has 0 saturated carbocycles. The number of carboxylic acids is 1. The van der Waals surface area contributed by atoms with Gasteiger partial charge in [-0.25, -0.2) is 18.2 Å². The van der Waals surface area contributed by atoms with Gasteiger partial charge in [-0.1, -0.05) is 30.3 Å². The van der Waals surface area contributed by atoms with E-state index in [1.165, 1.54) is 24.3 Å². The molecule has 1 aromatic heterocycles. The summed E-state index contributed by atoms with van der Waals surface area (Å²) in [4.78, 5) is 15.2. The van der Waals surface area contributed by atoms with Crippen molar-refractivity contribution < 1.29 is 18.3 Å². The number of rotatable bonds is 6.